The minimum Gasteiger partial charge on any atom is -0.253 e. The van der Waals surface area contributed by atoms with Crippen LogP contribution >= 0.6 is 22.3 Å². The first-order valence-corrected chi connectivity index (χ1v) is 5.81. The van der Waals surface area contributed by atoms with Gasteiger partial charge in [0, 0.05) is 17.2 Å². The molecule has 1 aromatic heterocycles. The molecular weight excluding hydrogens is 223 g/mol. The fraction of sp³-hybridized carbons (Fsp3) is 0.400. The van der Waals surface area contributed by atoms with Gasteiger partial charge in [0.15, 0.2) is 0 Å². The van der Waals surface area contributed by atoms with Crippen LogP contribution < -0.4 is 0 Å². The summed E-state index contributed by atoms with van der Waals surface area (Å²) in [6.07, 6.45) is 1.13. The smallest absolute Gasteiger partial charge is 0.253 e. The molecule has 0 saturated heterocycles. The zero-order chi connectivity index (χ0) is 9.35. The van der Waals surface area contributed by atoms with E-state index in [1.807, 2.05) is 0 Å². The Morgan fingerprint density at radius 3 is 2.50 bits per heavy atom. The molecule has 0 bridgehead atoms. The van der Waals surface area contributed by atoms with Gasteiger partial charge in [0.05, 0.1) is 6.20 Å². The molecule has 1 rings (SSSR count). The molecule has 0 atom stereocenters. The third-order valence-corrected chi connectivity index (χ3v) is 3.14. The standard InChI is InChI=1S/C5H6Cl2N2O2S/c1-2-9-5(6)4(3-8-9)12(7,10)11/h3H,2H2,1H3. The Bertz CT molecular complexity index is 384. The number of aromatic nitrogens is 2. The highest BCUT2D eigenvalue weighted by Crippen LogP contribution is 2.23. The summed E-state index contributed by atoms with van der Waals surface area (Å²) in [6.45, 7) is 2.30. The van der Waals surface area contributed by atoms with Crippen molar-refractivity contribution < 1.29 is 8.42 Å². The largest absolute Gasteiger partial charge is 0.265 e. The normalized spacial score (nSPS) is 11.9. The van der Waals surface area contributed by atoms with Gasteiger partial charge in [-0.25, -0.2) is 8.42 Å². The van der Waals surface area contributed by atoms with Crippen LogP contribution in [0.25, 0.3) is 0 Å². The van der Waals surface area contributed by atoms with Crippen LogP contribution in [-0.4, -0.2) is 18.2 Å². The van der Waals surface area contributed by atoms with Crippen LogP contribution in [0.15, 0.2) is 11.1 Å². The molecule has 0 aliphatic heterocycles. The summed E-state index contributed by atoms with van der Waals surface area (Å²) in [5.74, 6) is 0. The molecule has 0 unspecified atom stereocenters. The van der Waals surface area contributed by atoms with E-state index in [9.17, 15) is 8.42 Å². The lowest BCUT2D eigenvalue weighted by atomic mass is 10.7. The van der Waals surface area contributed by atoms with Crippen molar-refractivity contribution in [3.05, 3.63) is 11.3 Å². The number of rotatable bonds is 2. The van der Waals surface area contributed by atoms with E-state index in [0.717, 1.165) is 6.20 Å². The van der Waals surface area contributed by atoms with Crippen LogP contribution in [0.2, 0.25) is 5.15 Å². The molecule has 1 aromatic rings. The van der Waals surface area contributed by atoms with Crippen LogP contribution in [0.1, 0.15) is 6.92 Å². The Kier molecular flexibility index (Phi) is 2.65. The molecule has 4 nitrogen and oxygen atoms in total. The molecule has 0 saturated carbocycles. The van der Waals surface area contributed by atoms with Gasteiger partial charge in [0.1, 0.15) is 10.0 Å². The van der Waals surface area contributed by atoms with Crippen LogP contribution in [0.3, 0.4) is 0 Å². The summed E-state index contributed by atoms with van der Waals surface area (Å²) in [5, 5.41) is 3.77. The van der Waals surface area contributed by atoms with E-state index in [0.29, 0.717) is 6.54 Å². The second-order valence-electron chi connectivity index (χ2n) is 2.05. The van der Waals surface area contributed by atoms with Crippen molar-refractivity contribution in [2.75, 3.05) is 0 Å². The van der Waals surface area contributed by atoms with Gasteiger partial charge in [-0.3, -0.25) is 4.68 Å². The van der Waals surface area contributed by atoms with Crippen LogP contribution in [-0.2, 0) is 15.6 Å². The van der Waals surface area contributed by atoms with E-state index in [2.05, 4.69) is 5.10 Å². The first-order chi connectivity index (χ1) is 5.46. The van der Waals surface area contributed by atoms with Crippen molar-refractivity contribution in [1.29, 1.82) is 0 Å². The maximum Gasteiger partial charge on any atom is 0.265 e. The molecule has 68 valence electrons. The maximum absolute atomic E-state index is 10.8. The van der Waals surface area contributed by atoms with Crippen molar-refractivity contribution in [3.8, 4) is 0 Å². The highest BCUT2D eigenvalue weighted by Gasteiger charge is 2.18. The van der Waals surface area contributed by atoms with E-state index < -0.39 is 9.05 Å². The zero-order valence-electron chi connectivity index (χ0n) is 6.16. The number of hydrogen-bond acceptors (Lipinski definition) is 3. The Morgan fingerprint density at radius 2 is 2.25 bits per heavy atom. The number of halogens is 2. The highest BCUT2D eigenvalue weighted by molar-refractivity contribution is 8.13. The predicted octanol–water partition coefficient (Wildman–Crippen LogP) is 1.48. The zero-order valence-corrected chi connectivity index (χ0v) is 8.49. The topological polar surface area (TPSA) is 52.0 Å². The molecular formula is C5H6Cl2N2O2S. The molecule has 7 heteroatoms. The third-order valence-electron chi connectivity index (χ3n) is 1.31. The van der Waals surface area contributed by atoms with Gasteiger partial charge in [0.2, 0.25) is 0 Å². The maximum atomic E-state index is 10.8. The Labute approximate surface area is 79.5 Å². The van der Waals surface area contributed by atoms with Crippen LogP contribution in [0.5, 0.6) is 0 Å². The summed E-state index contributed by atoms with van der Waals surface area (Å²) in [6, 6.07) is 0. The van der Waals surface area contributed by atoms with Gasteiger partial charge < -0.3 is 0 Å². The van der Waals surface area contributed by atoms with Crippen LogP contribution in [0.4, 0.5) is 0 Å². The molecule has 0 aliphatic rings. The van der Waals surface area contributed by atoms with Gasteiger partial charge in [-0.1, -0.05) is 11.6 Å². The fourth-order valence-corrected chi connectivity index (χ4v) is 2.19. The van der Waals surface area contributed by atoms with Gasteiger partial charge in [-0.05, 0) is 6.92 Å². The third kappa shape index (κ3) is 1.73. The Hall–Kier alpha value is -0.260. The fourth-order valence-electron chi connectivity index (χ4n) is 0.737. The monoisotopic (exact) mass is 228 g/mol. The molecule has 1 heterocycles. The summed E-state index contributed by atoms with van der Waals surface area (Å²) < 4.78 is 23.0. The van der Waals surface area contributed by atoms with Crippen molar-refractivity contribution >= 4 is 31.3 Å². The lowest BCUT2D eigenvalue weighted by Crippen LogP contribution is -1.96. The lowest BCUT2D eigenvalue weighted by molar-refractivity contribution is 0.609. The van der Waals surface area contributed by atoms with Gasteiger partial charge in [-0.15, -0.1) is 0 Å². The minimum absolute atomic E-state index is 0.0486. The van der Waals surface area contributed by atoms with Crippen molar-refractivity contribution in [2.24, 2.45) is 0 Å². The molecule has 0 radical (unpaired) electrons. The number of hydrogen-bond donors (Lipinski definition) is 0. The molecule has 0 fully saturated rings. The van der Waals surface area contributed by atoms with Crippen molar-refractivity contribution in [3.63, 3.8) is 0 Å². The highest BCUT2D eigenvalue weighted by atomic mass is 35.7. The van der Waals surface area contributed by atoms with Crippen molar-refractivity contribution in [2.45, 2.75) is 18.4 Å². The summed E-state index contributed by atoms with van der Waals surface area (Å²) >= 11 is 5.65. The Morgan fingerprint density at radius 1 is 1.67 bits per heavy atom. The molecule has 0 spiro atoms. The van der Waals surface area contributed by atoms with E-state index >= 15 is 0 Å². The molecule has 12 heavy (non-hydrogen) atoms. The predicted molar refractivity (Wildman–Crippen MR) is 45.9 cm³/mol. The van der Waals surface area contributed by atoms with E-state index in [1.165, 1.54) is 4.68 Å². The molecule has 0 aromatic carbocycles. The Balaban J connectivity index is 3.30. The molecule has 0 amide bonds. The quantitative estimate of drug-likeness (QED) is 0.721. The minimum atomic E-state index is -3.77. The van der Waals surface area contributed by atoms with Gasteiger partial charge >= 0.3 is 0 Å². The second-order valence-corrected chi connectivity index (χ2v) is 4.95. The van der Waals surface area contributed by atoms with E-state index in [1.54, 1.807) is 6.92 Å². The summed E-state index contributed by atoms with van der Waals surface area (Å²) in [7, 11) is 1.30. The summed E-state index contributed by atoms with van der Waals surface area (Å²) in [5.41, 5.74) is 0. The first kappa shape index (κ1) is 9.83. The summed E-state index contributed by atoms with van der Waals surface area (Å²) in [4.78, 5) is -0.146. The molecule has 0 aliphatic carbocycles. The van der Waals surface area contributed by atoms with Crippen molar-refractivity contribution in [1.82, 2.24) is 9.78 Å². The average molecular weight is 229 g/mol. The lowest BCUT2D eigenvalue weighted by Gasteiger charge is -1.96. The SMILES string of the molecule is CCn1ncc(S(=O)(=O)Cl)c1Cl. The average Bonchev–Trinajstić information content (AvgIpc) is 2.29. The number of nitrogens with zero attached hydrogens (tertiary/aromatic N) is 2. The molecule has 0 N–H and O–H groups in total. The number of aryl methyl sites for hydroxylation is 1. The first-order valence-electron chi connectivity index (χ1n) is 3.12. The van der Waals surface area contributed by atoms with E-state index in [-0.39, 0.29) is 10.0 Å². The second kappa shape index (κ2) is 3.24. The van der Waals surface area contributed by atoms with Gasteiger partial charge in [-0.2, -0.15) is 5.10 Å². The van der Waals surface area contributed by atoms with Gasteiger partial charge in [0.25, 0.3) is 9.05 Å². The van der Waals surface area contributed by atoms with Crippen LogP contribution in [0, 0.1) is 0 Å². The van der Waals surface area contributed by atoms with E-state index in [4.69, 9.17) is 22.3 Å².